The Morgan fingerprint density at radius 1 is 1.45 bits per heavy atom. The van der Waals surface area contributed by atoms with Gasteiger partial charge in [-0.3, -0.25) is 4.79 Å². The van der Waals surface area contributed by atoms with Gasteiger partial charge in [0.05, 0.1) is 10.2 Å². The molecular formula is C11H10ClN3O3S2. The van der Waals surface area contributed by atoms with Gasteiger partial charge in [-0.1, -0.05) is 11.6 Å². The van der Waals surface area contributed by atoms with Crippen molar-refractivity contribution in [1.29, 1.82) is 0 Å². The number of aromatic nitrogens is 1. The number of carbonyl (C=O) groups excluding carboxylic acids is 1. The molecule has 1 unspecified atom stereocenters. The second kappa shape index (κ2) is 4.66. The first-order chi connectivity index (χ1) is 9.34. The van der Waals surface area contributed by atoms with Gasteiger partial charge in [0.2, 0.25) is 15.9 Å². The maximum Gasteiger partial charge on any atom is 0.228 e. The Bertz CT molecular complexity index is 802. The van der Waals surface area contributed by atoms with Gasteiger partial charge >= 0.3 is 0 Å². The molecular weight excluding hydrogens is 322 g/mol. The zero-order valence-electron chi connectivity index (χ0n) is 10.1. The minimum atomic E-state index is -3.71. The molecule has 0 spiro atoms. The fraction of sp³-hybridized carbons (Fsp3) is 0.273. The van der Waals surface area contributed by atoms with E-state index in [2.05, 4.69) is 4.98 Å². The van der Waals surface area contributed by atoms with Crippen LogP contribution in [0, 0.1) is 0 Å². The van der Waals surface area contributed by atoms with Crippen molar-refractivity contribution < 1.29 is 13.2 Å². The van der Waals surface area contributed by atoms with E-state index in [0.29, 0.717) is 10.2 Å². The Hall–Kier alpha value is -1.22. The summed E-state index contributed by atoms with van der Waals surface area (Å²) >= 11 is 7.14. The molecule has 3 rings (SSSR count). The summed E-state index contributed by atoms with van der Waals surface area (Å²) in [6, 6.07) is 5.26. The second-order valence-corrected chi connectivity index (χ2v) is 8.00. The van der Waals surface area contributed by atoms with Crippen LogP contribution in [-0.2, 0) is 14.8 Å². The third-order valence-electron chi connectivity index (χ3n) is 3.21. The monoisotopic (exact) mass is 331 g/mol. The third-order valence-corrected chi connectivity index (χ3v) is 5.58. The predicted octanol–water partition coefficient (Wildman–Crippen LogP) is 1.34. The quantitative estimate of drug-likeness (QED) is 0.898. The molecule has 1 amide bonds. The van der Waals surface area contributed by atoms with Crippen molar-refractivity contribution in [2.75, 3.05) is 11.4 Å². The number of nitrogens with two attached hydrogens (primary N) is 1. The number of nitrogens with zero attached hydrogens (tertiary/aromatic N) is 2. The van der Waals surface area contributed by atoms with Crippen molar-refractivity contribution in [1.82, 2.24) is 4.98 Å². The van der Waals surface area contributed by atoms with E-state index in [1.54, 1.807) is 18.2 Å². The molecule has 0 radical (unpaired) electrons. The van der Waals surface area contributed by atoms with Crippen LogP contribution in [0.25, 0.3) is 10.2 Å². The van der Waals surface area contributed by atoms with Crippen LogP contribution in [0.1, 0.15) is 6.42 Å². The van der Waals surface area contributed by atoms with E-state index >= 15 is 0 Å². The molecule has 1 aliphatic rings. The summed E-state index contributed by atoms with van der Waals surface area (Å²) in [4.78, 5) is 17.5. The maximum absolute atomic E-state index is 11.9. The topological polar surface area (TPSA) is 93.4 Å². The molecule has 1 aromatic carbocycles. The van der Waals surface area contributed by atoms with Crippen LogP contribution in [0.3, 0.4) is 0 Å². The lowest BCUT2D eigenvalue weighted by molar-refractivity contribution is -0.117. The van der Waals surface area contributed by atoms with Gasteiger partial charge in [0.1, 0.15) is 5.25 Å². The molecule has 2 heterocycles. The summed E-state index contributed by atoms with van der Waals surface area (Å²) in [6.07, 6.45) is -0.0830. The van der Waals surface area contributed by atoms with Crippen molar-refractivity contribution in [3.8, 4) is 0 Å². The second-order valence-electron chi connectivity index (χ2n) is 4.54. The lowest BCUT2D eigenvalue weighted by atomic mass is 10.3. The number of hydrogen-bond acceptors (Lipinski definition) is 5. The average Bonchev–Trinajstić information content (AvgIpc) is 2.89. The fourth-order valence-electron chi connectivity index (χ4n) is 2.20. The summed E-state index contributed by atoms with van der Waals surface area (Å²) in [5.41, 5.74) is 1.38. The van der Waals surface area contributed by atoms with E-state index in [9.17, 15) is 13.2 Å². The van der Waals surface area contributed by atoms with Gasteiger partial charge in [0, 0.05) is 18.7 Å². The van der Waals surface area contributed by atoms with Crippen LogP contribution in [0.5, 0.6) is 0 Å². The molecule has 1 atom stereocenters. The number of amides is 1. The van der Waals surface area contributed by atoms with Crippen LogP contribution in [-0.4, -0.2) is 31.1 Å². The molecule has 1 saturated heterocycles. The SMILES string of the molecule is NS(=O)(=O)C1CC(=O)N(c2ccc3nc(Cl)sc3c2)C1. The Kier molecular flexibility index (Phi) is 3.20. The number of primary sulfonamides is 1. The molecule has 20 heavy (non-hydrogen) atoms. The smallest absolute Gasteiger partial charge is 0.228 e. The Balaban J connectivity index is 1.97. The lowest BCUT2D eigenvalue weighted by Crippen LogP contribution is -2.32. The molecule has 106 valence electrons. The first-order valence-corrected chi connectivity index (χ1v) is 8.53. The number of halogens is 1. The number of anilines is 1. The number of hydrogen-bond donors (Lipinski definition) is 1. The first-order valence-electron chi connectivity index (χ1n) is 5.72. The van der Waals surface area contributed by atoms with Crippen LogP contribution in [0.4, 0.5) is 5.69 Å². The van der Waals surface area contributed by atoms with E-state index < -0.39 is 15.3 Å². The number of benzene rings is 1. The summed E-state index contributed by atoms with van der Waals surface area (Å²) in [7, 11) is -3.71. The van der Waals surface area contributed by atoms with Crippen molar-refractivity contribution in [3.63, 3.8) is 0 Å². The summed E-state index contributed by atoms with van der Waals surface area (Å²) < 4.78 is 24.0. The van der Waals surface area contributed by atoms with E-state index in [1.807, 2.05) is 0 Å². The standard InChI is InChI=1S/C11H10ClN3O3S2/c12-11-14-8-2-1-6(3-9(8)19-11)15-5-7(4-10(15)16)20(13,17)18/h1-3,7H,4-5H2,(H2,13,17,18). The Morgan fingerprint density at radius 2 is 2.20 bits per heavy atom. The van der Waals surface area contributed by atoms with E-state index in [1.165, 1.54) is 16.2 Å². The van der Waals surface area contributed by atoms with Crippen LogP contribution < -0.4 is 10.0 Å². The predicted molar refractivity (Wildman–Crippen MR) is 78.5 cm³/mol. The zero-order valence-corrected chi connectivity index (χ0v) is 12.5. The third kappa shape index (κ3) is 2.39. The molecule has 9 heteroatoms. The Labute approximate surface area is 124 Å². The first kappa shape index (κ1) is 13.7. The van der Waals surface area contributed by atoms with Crippen LogP contribution >= 0.6 is 22.9 Å². The highest BCUT2D eigenvalue weighted by molar-refractivity contribution is 7.89. The highest BCUT2D eigenvalue weighted by Crippen LogP contribution is 2.31. The summed E-state index contributed by atoms with van der Waals surface area (Å²) in [5.74, 6) is -0.251. The van der Waals surface area contributed by atoms with Crippen LogP contribution in [0.15, 0.2) is 18.2 Å². The maximum atomic E-state index is 11.9. The van der Waals surface area contributed by atoms with Crippen molar-refractivity contribution in [3.05, 3.63) is 22.7 Å². The number of fused-ring (bicyclic) bond motifs is 1. The molecule has 1 aliphatic heterocycles. The number of carbonyl (C=O) groups is 1. The molecule has 2 aromatic rings. The zero-order chi connectivity index (χ0) is 14.5. The van der Waals surface area contributed by atoms with Gasteiger partial charge in [0.25, 0.3) is 0 Å². The fourth-order valence-corrected chi connectivity index (χ4v) is 3.99. The normalized spacial score (nSPS) is 20.0. The number of thiazole rings is 1. The number of sulfonamides is 1. The molecule has 0 saturated carbocycles. The van der Waals surface area contributed by atoms with Gasteiger partial charge in [-0.15, -0.1) is 11.3 Å². The van der Waals surface area contributed by atoms with Gasteiger partial charge in [-0.25, -0.2) is 18.5 Å². The molecule has 1 aromatic heterocycles. The molecule has 0 aliphatic carbocycles. The molecule has 0 bridgehead atoms. The van der Waals surface area contributed by atoms with Gasteiger partial charge in [-0.05, 0) is 18.2 Å². The van der Waals surface area contributed by atoms with E-state index in [0.717, 1.165) is 10.2 Å². The van der Waals surface area contributed by atoms with Gasteiger partial charge < -0.3 is 4.90 Å². The van der Waals surface area contributed by atoms with Crippen molar-refractivity contribution >= 4 is 54.8 Å². The molecule has 2 N–H and O–H groups in total. The largest absolute Gasteiger partial charge is 0.311 e. The van der Waals surface area contributed by atoms with Gasteiger partial charge in [0.15, 0.2) is 4.47 Å². The van der Waals surface area contributed by atoms with Crippen LogP contribution in [0.2, 0.25) is 4.47 Å². The number of rotatable bonds is 2. The minimum absolute atomic E-state index is 0.0791. The summed E-state index contributed by atoms with van der Waals surface area (Å²) in [5, 5.41) is 4.25. The van der Waals surface area contributed by atoms with E-state index in [-0.39, 0.29) is 18.9 Å². The lowest BCUT2D eigenvalue weighted by Gasteiger charge is -2.16. The van der Waals surface area contributed by atoms with Crippen molar-refractivity contribution in [2.45, 2.75) is 11.7 Å². The average molecular weight is 332 g/mol. The van der Waals surface area contributed by atoms with Gasteiger partial charge in [-0.2, -0.15) is 0 Å². The molecule has 1 fully saturated rings. The molecule has 6 nitrogen and oxygen atoms in total. The minimum Gasteiger partial charge on any atom is -0.311 e. The van der Waals surface area contributed by atoms with Crippen molar-refractivity contribution in [2.24, 2.45) is 5.14 Å². The highest BCUT2D eigenvalue weighted by Gasteiger charge is 2.37. The van der Waals surface area contributed by atoms with E-state index in [4.69, 9.17) is 16.7 Å². The summed E-state index contributed by atoms with van der Waals surface area (Å²) in [6.45, 7) is 0.0791. The highest BCUT2D eigenvalue weighted by atomic mass is 35.5. The Morgan fingerprint density at radius 3 is 2.85 bits per heavy atom.